The van der Waals surface area contributed by atoms with Crippen LogP contribution in [0.25, 0.3) is 0 Å². The highest BCUT2D eigenvalue weighted by Crippen LogP contribution is 2.21. The van der Waals surface area contributed by atoms with Gasteiger partial charge in [0.2, 0.25) is 0 Å². The van der Waals surface area contributed by atoms with E-state index in [2.05, 4.69) is 27.3 Å². The first-order chi connectivity index (χ1) is 9.63. The van der Waals surface area contributed by atoms with Gasteiger partial charge in [-0.2, -0.15) is 10.5 Å². The van der Waals surface area contributed by atoms with E-state index >= 15 is 0 Å². The van der Waals surface area contributed by atoms with Crippen molar-refractivity contribution in [2.45, 2.75) is 6.54 Å². The van der Waals surface area contributed by atoms with Crippen molar-refractivity contribution in [1.29, 1.82) is 10.5 Å². The fourth-order valence-electron chi connectivity index (χ4n) is 1.73. The summed E-state index contributed by atoms with van der Waals surface area (Å²) in [6, 6.07) is 13.5. The summed E-state index contributed by atoms with van der Waals surface area (Å²) in [4.78, 5) is 0. The second-order valence-electron chi connectivity index (χ2n) is 4.07. The molecule has 0 radical (unpaired) electrons. The summed E-state index contributed by atoms with van der Waals surface area (Å²) in [5, 5.41) is 20.9. The Hall–Kier alpha value is -2.37. The van der Waals surface area contributed by atoms with Crippen molar-refractivity contribution < 1.29 is 4.39 Å². The molecule has 3 nitrogen and oxygen atoms in total. The highest BCUT2D eigenvalue weighted by Gasteiger charge is 2.06. The molecular weight excluding hydrogens is 321 g/mol. The molecule has 5 heteroatoms. The van der Waals surface area contributed by atoms with Crippen molar-refractivity contribution in [2.24, 2.45) is 0 Å². The Labute approximate surface area is 124 Å². The number of nitrogens with one attached hydrogen (secondary N) is 1. The van der Waals surface area contributed by atoms with Gasteiger partial charge in [0.1, 0.15) is 11.9 Å². The molecule has 20 heavy (non-hydrogen) atoms. The van der Waals surface area contributed by atoms with Crippen LogP contribution in [0.1, 0.15) is 16.7 Å². The third kappa shape index (κ3) is 3.14. The van der Waals surface area contributed by atoms with Gasteiger partial charge in [-0.05, 0) is 36.4 Å². The van der Waals surface area contributed by atoms with Crippen molar-refractivity contribution in [1.82, 2.24) is 0 Å². The summed E-state index contributed by atoms with van der Waals surface area (Å²) in [5.74, 6) is -0.382. The van der Waals surface area contributed by atoms with Gasteiger partial charge in [0.25, 0.3) is 0 Å². The average Bonchev–Trinajstić information content (AvgIpc) is 2.47. The maximum absolute atomic E-state index is 13.6. The minimum Gasteiger partial charge on any atom is -0.380 e. The molecule has 1 N–H and O–H groups in total. The number of halogens is 2. The van der Waals surface area contributed by atoms with Gasteiger partial charge in [-0.1, -0.05) is 15.9 Å². The highest BCUT2D eigenvalue weighted by molar-refractivity contribution is 9.10. The summed E-state index contributed by atoms with van der Waals surface area (Å²) >= 11 is 3.29. The number of nitrogens with zero attached hydrogens (tertiary/aromatic N) is 2. The normalized spacial score (nSPS) is 9.60. The fraction of sp³-hybridized carbons (Fsp3) is 0.0667. The molecule has 0 fully saturated rings. The highest BCUT2D eigenvalue weighted by atomic mass is 79.9. The first-order valence-electron chi connectivity index (χ1n) is 5.76. The van der Waals surface area contributed by atoms with Crippen LogP contribution < -0.4 is 5.32 Å². The van der Waals surface area contributed by atoms with E-state index in [1.165, 1.54) is 18.2 Å². The van der Waals surface area contributed by atoms with Crippen LogP contribution in [0.2, 0.25) is 0 Å². The predicted molar refractivity (Wildman–Crippen MR) is 77.3 cm³/mol. The third-order valence-corrected chi connectivity index (χ3v) is 3.24. The predicted octanol–water partition coefficient (Wildman–Crippen LogP) is 3.94. The maximum atomic E-state index is 13.6. The van der Waals surface area contributed by atoms with Crippen molar-refractivity contribution in [2.75, 3.05) is 5.32 Å². The Balaban J connectivity index is 2.22. The lowest BCUT2D eigenvalue weighted by Crippen LogP contribution is -2.03. The van der Waals surface area contributed by atoms with E-state index in [-0.39, 0.29) is 12.4 Å². The lowest BCUT2D eigenvalue weighted by molar-refractivity contribution is 0.612. The zero-order chi connectivity index (χ0) is 14.5. The lowest BCUT2D eigenvalue weighted by atomic mass is 10.1. The minimum absolute atomic E-state index is 0.206. The van der Waals surface area contributed by atoms with Crippen molar-refractivity contribution >= 4 is 21.6 Å². The lowest BCUT2D eigenvalue weighted by Gasteiger charge is -2.09. The van der Waals surface area contributed by atoms with Crippen molar-refractivity contribution in [3.63, 3.8) is 0 Å². The van der Waals surface area contributed by atoms with Crippen LogP contribution in [0.5, 0.6) is 0 Å². The largest absolute Gasteiger partial charge is 0.380 e. The molecule has 0 spiro atoms. The van der Waals surface area contributed by atoms with Crippen LogP contribution in [-0.2, 0) is 6.54 Å². The third-order valence-electron chi connectivity index (χ3n) is 2.75. The molecule has 0 saturated carbocycles. The molecule has 0 aliphatic carbocycles. The quantitative estimate of drug-likeness (QED) is 0.927. The van der Waals surface area contributed by atoms with Crippen LogP contribution in [0.3, 0.4) is 0 Å². The number of anilines is 1. The summed E-state index contributed by atoms with van der Waals surface area (Å²) < 4.78 is 14.4. The van der Waals surface area contributed by atoms with Gasteiger partial charge in [-0.25, -0.2) is 4.39 Å². The summed E-state index contributed by atoms with van der Waals surface area (Å²) in [7, 11) is 0. The molecule has 2 aromatic carbocycles. The van der Waals surface area contributed by atoms with E-state index in [9.17, 15) is 4.39 Å². The Bertz CT molecular complexity index is 729. The number of benzene rings is 2. The van der Waals surface area contributed by atoms with Crippen LogP contribution in [0.4, 0.5) is 10.1 Å². The molecule has 0 unspecified atom stereocenters. The molecule has 0 bridgehead atoms. The second-order valence-corrected chi connectivity index (χ2v) is 4.99. The SMILES string of the molecule is N#Cc1ccc(F)c(CNc2ccc(Br)cc2C#N)c1. The van der Waals surface area contributed by atoms with Gasteiger partial charge in [0.05, 0.1) is 22.9 Å². The van der Waals surface area contributed by atoms with Gasteiger partial charge in [0, 0.05) is 16.6 Å². The Morgan fingerprint density at radius 2 is 1.90 bits per heavy atom. The number of hydrogen-bond acceptors (Lipinski definition) is 3. The second kappa shape index (κ2) is 6.18. The molecule has 0 atom stereocenters. The Kier molecular flexibility index (Phi) is 4.34. The molecule has 98 valence electrons. The molecule has 0 saturated heterocycles. The van der Waals surface area contributed by atoms with Crippen LogP contribution in [0, 0.1) is 28.5 Å². The van der Waals surface area contributed by atoms with Gasteiger partial charge in [0.15, 0.2) is 0 Å². The Morgan fingerprint density at radius 3 is 2.60 bits per heavy atom. The van der Waals surface area contributed by atoms with Crippen LogP contribution in [0.15, 0.2) is 40.9 Å². The van der Waals surface area contributed by atoms with Gasteiger partial charge in [-0.15, -0.1) is 0 Å². The van der Waals surface area contributed by atoms with Gasteiger partial charge in [-0.3, -0.25) is 0 Å². The average molecular weight is 330 g/mol. The van der Waals surface area contributed by atoms with Crippen LogP contribution >= 0.6 is 15.9 Å². The van der Waals surface area contributed by atoms with E-state index < -0.39 is 0 Å². The van der Waals surface area contributed by atoms with E-state index in [0.717, 1.165) is 4.47 Å². The zero-order valence-corrected chi connectivity index (χ0v) is 11.9. The molecule has 0 aliphatic heterocycles. The molecule has 0 aromatic heterocycles. The maximum Gasteiger partial charge on any atom is 0.128 e. The number of rotatable bonds is 3. The van der Waals surface area contributed by atoms with Crippen LogP contribution in [-0.4, -0.2) is 0 Å². The summed E-state index contributed by atoms with van der Waals surface area (Å²) in [6.07, 6.45) is 0. The van der Waals surface area contributed by atoms with E-state index in [1.54, 1.807) is 18.2 Å². The molecule has 2 rings (SSSR count). The number of hydrogen-bond donors (Lipinski definition) is 1. The molecule has 0 aliphatic rings. The summed E-state index contributed by atoms with van der Waals surface area (Å²) in [6.45, 7) is 0.206. The van der Waals surface area contributed by atoms with Gasteiger partial charge < -0.3 is 5.32 Å². The van der Waals surface area contributed by atoms with Crippen molar-refractivity contribution in [3.8, 4) is 12.1 Å². The van der Waals surface area contributed by atoms with E-state index in [0.29, 0.717) is 22.4 Å². The topological polar surface area (TPSA) is 59.6 Å². The van der Waals surface area contributed by atoms with E-state index in [4.69, 9.17) is 10.5 Å². The minimum atomic E-state index is -0.382. The smallest absolute Gasteiger partial charge is 0.128 e. The number of nitriles is 2. The first kappa shape index (κ1) is 14.0. The molecule has 0 amide bonds. The molecule has 2 aromatic rings. The van der Waals surface area contributed by atoms with Gasteiger partial charge >= 0.3 is 0 Å². The summed E-state index contributed by atoms with van der Waals surface area (Å²) in [5.41, 5.74) is 1.88. The van der Waals surface area contributed by atoms with E-state index in [1.807, 2.05) is 6.07 Å². The zero-order valence-electron chi connectivity index (χ0n) is 10.3. The standard InChI is InChI=1S/C15H9BrFN3/c16-13-2-4-15(11(6-13)8-19)20-9-12-5-10(7-18)1-3-14(12)17/h1-6,20H,9H2. The Morgan fingerprint density at radius 1 is 1.10 bits per heavy atom. The monoisotopic (exact) mass is 329 g/mol. The van der Waals surface area contributed by atoms with Crippen molar-refractivity contribution in [3.05, 3.63) is 63.4 Å². The first-order valence-corrected chi connectivity index (χ1v) is 6.55. The fourth-order valence-corrected chi connectivity index (χ4v) is 2.09. The molecular formula is C15H9BrFN3. The molecule has 0 heterocycles.